The zero-order chi connectivity index (χ0) is 14.8. The summed E-state index contributed by atoms with van der Waals surface area (Å²) in [5, 5.41) is 0. The number of hydrogen-bond donors (Lipinski definition) is 1. The van der Waals surface area contributed by atoms with Crippen LogP contribution in [-0.4, -0.2) is 27.8 Å². The van der Waals surface area contributed by atoms with E-state index in [0.717, 1.165) is 17.0 Å². The molecule has 0 fully saturated rings. The highest BCUT2D eigenvalue weighted by atomic mass is 16.2. The Morgan fingerprint density at radius 1 is 1.30 bits per heavy atom. The number of aromatic amines is 1. The molecular weight excluding hydrogens is 250 g/mol. The molecule has 1 heterocycles. The van der Waals surface area contributed by atoms with Crippen molar-refractivity contribution in [2.75, 3.05) is 7.05 Å². The predicted molar refractivity (Wildman–Crippen MR) is 79.5 cm³/mol. The Morgan fingerprint density at radius 2 is 2.00 bits per heavy atom. The third-order valence-corrected chi connectivity index (χ3v) is 3.25. The molecule has 0 atom stereocenters. The Labute approximate surface area is 119 Å². The number of amides is 1. The van der Waals surface area contributed by atoms with Crippen molar-refractivity contribution in [3.8, 4) is 0 Å². The molecule has 1 aromatic heterocycles. The zero-order valence-electron chi connectivity index (χ0n) is 12.5. The van der Waals surface area contributed by atoms with Crippen LogP contribution in [0.3, 0.4) is 0 Å². The number of carbonyl (C=O) groups is 1. The summed E-state index contributed by atoms with van der Waals surface area (Å²) in [6, 6.07) is 7.79. The van der Waals surface area contributed by atoms with Crippen molar-refractivity contribution in [3.05, 3.63) is 53.6 Å². The molecule has 0 unspecified atom stereocenters. The molecular formula is C16H21N3O. The SMILES string of the molecule is CN(Cc1ncc[nH]1)C(=O)c1ccccc1C(C)(C)C. The van der Waals surface area contributed by atoms with Gasteiger partial charge in [0.1, 0.15) is 5.82 Å². The van der Waals surface area contributed by atoms with Gasteiger partial charge in [-0.1, -0.05) is 39.0 Å². The summed E-state index contributed by atoms with van der Waals surface area (Å²) in [5.74, 6) is 0.806. The second-order valence-corrected chi connectivity index (χ2v) is 5.99. The summed E-state index contributed by atoms with van der Waals surface area (Å²) < 4.78 is 0. The Morgan fingerprint density at radius 3 is 2.60 bits per heavy atom. The number of aromatic nitrogens is 2. The highest BCUT2D eigenvalue weighted by Gasteiger charge is 2.23. The third kappa shape index (κ3) is 3.07. The number of imidazole rings is 1. The number of nitrogens with zero attached hydrogens (tertiary/aromatic N) is 2. The molecule has 0 saturated carbocycles. The van der Waals surface area contributed by atoms with Crippen molar-refractivity contribution in [2.24, 2.45) is 0 Å². The number of benzene rings is 1. The van der Waals surface area contributed by atoms with Crippen LogP contribution in [0.5, 0.6) is 0 Å². The van der Waals surface area contributed by atoms with Crippen molar-refractivity contribution in [1.82, 2.24) is 14.9 Å². The highest BCUT2D eigenvalue weighted by Crippen LogP contribution is 2.26. The lowest BCUT2D eigenvalue weighted by molar-refractivity contribution is 0.0779. The van der Waals surface area contributed by atoms with Crippen LogP contribution in [0.2, 0.25) is 0 Å². The van der Waals surface area contributed by atoms with Crippen molar-refractivity contribution in [1.29, 1.82) is 0 Å². The maximum atomic E-state index is 12.6. The Kier molecular flexibility index (Phi) is 3.93. The monoisotopic (exact) mass is 271 g/mol. The fraction of sp³-hybridized carbons (Fsp3) is 0.375. The Bertz CT molecular complexity index is 582. The van der Waals surface area contributed by atoms with Gasteiger partial charge in [0, 0.05) is 25.0 Å². The first kappa shape index (κ1) is 14.3. The summed E-state index contributed by atoms with van der Waals surface area (Å²) in [4.78, 5) is 21.5. The maximum Gasteiger partial charge on any atom is 0.254 e. The topological polar surface area (TPSA) is 49.0 Å². The number of nitrogens with one attached hydrogen (secondary N) is 1. The molecule has 20 heavy (non-hydrogen) atoms. The Hall–Kier alpha value is -2.10. The molecule has 0 saturated heterocycles. The van der Waals surface area contributed by atoms with Gasteiger partial charge in [0.15, 0.2) is 0 Å². The molecule has 0 radical (unpaired) electrons. The van der Waals surface area contributed by atoms with Crippen LogP contribution in [0.25, 0.3) is 0 Å². The molecule has 0 aliphatic rings. The summed E-state index contributed by atoms with van der Waals surface area (Å²) in [6.07, 6.45) is 3.45. The van der Waals surface area contributed by atoms with E-state index in [4.69, 9.17) is 0 Å². The maximum absolute atomic E-state index is 12.6. The van der Waals surface area contributed by atoms with E-state index in [-0.39, 0.29) is 11.3 Å². The van der Waals surface area contributed by atoms with Gasteiger partial charge in [0.05, 0.1) is 6.54 Å². The van der Waals surface area contributed by atoms with Gasteiger partial charge in [0.25, 0.3) is 5.91 Å². The molecule has 2 aromatic rings. The van der Waals surface area contributed by atoms with E-state index in [1.807, 2.05) is 24.3 Å². The van der Waals surface area contributed by atoms with E-state index < -0.39 is 0 Å². The predicted octanol–water partition coefficient (Wildman–Crippen LogP) is 2.98. The van der Waals surface area contributed by atoms with E-state index >= 15 is 0 Å². The lowest BCUT2D eigenvalue weighted by Crippen LogP contribution is -2.29. The molecule has 4 nitrogen and oxygen atoms in total. The van der Waals surface area contributed by atoms with Gasteiger partial charge in [-0.25, -0.2) is 4.98 Å². The minimum Gasteiger partial charge on any atom is -0.347 e. The summed E-state index contributed by atoms with van der Waals surface area (Å²) >= 11 is 0. The van der Waals surface area contributed by atoms with Crippen LogP contribution in [0.1, 0.15) is 42.5 Å². The fourth-order valence-electron chi connectivity index (χ4n) is 2.21. The second-order valence-electron chi connectivity index (χ2n) is 5.99. The molecule has 1 aromatic carbocycles. The summed E-state index contributed by atoms with van der Waals surface area (Å²) in [7, 11) is 1.80. The lowest BCUT2D eigenvalue weighted by atomic mass is 9.83. The van der Waals surface area contributed by atoms with E-state index in [1.165, 1.54) is 0 Å². The van der Waals surface area contributed by atoms with Crippen LogP contribution < -0.4 is 0 Å². The second kappa shape index (κ2) is 5.49. The molecule has 0 aliphatic heterocycles. The lowest BCUT2D eigenvalue weighted by Gasteiger charge is -2.24. The average Bonchev–Trinajstić information content (AvgIpc) is 2.89. The first-order valence-corrected chi connectivity index (χ1v) is 6.73. The van der Waals surface area contributed by atoms with Crippen LogP contribution in [-0.2, 0) is 12.0 Å². The first-order valence-electron chi connectivity index (χ1n) is 6.73. The third-order valence-electron chi connectivity index (χ3n) is 3.25. The number of hydrogen-bond acceptors (Lipinski definition) is 2. The zero-order valence-corrected chi connectivity index (χ0v) is 12.5. The van der Waals surface area contributed by atoms with Crippen molar-refractivity contribution in [2.45, 2.75) is 32.7 Å². The van der Waals surface area contributed by atoms with Gasteiger partial charge >= 0.3 is 0 Å². The first-order chi connectivity index (χ1) is 9.39. The number of H-pyrrole nitrogens is 1. The van der Waals surface area contributed by atoms with Crippen LogP contribution in [0, 0.1) is 0 Å². The van der Waals surface area contributed by atoms with Crippen LogP contribution >= 0.6 is 0 Å². The molecule has 2 rings (SSSR count). The average molecular weight is 271 g/mol. The summed E-state index contributed by atoms with van der Waals surface area (Å²) in [6.45, 7) is 6.83. The van der Waals surface area contributed by atoms with E-state index in [9.17, 15) is 4.79 Å². The molecule has 106 valence electrons. The molecule has 4 heteroatoms. The van der Waals surface area contributed by atoms with E-state index in [0.29, 0.717) is 6.54 Å². The standard InChI is InChI=1S/C16H21N3O/c1-16(2,3)13-8-6-5-7-12(13)15(20)19(4)11-14-17-9-10-18-14/h5-10H,11H2,1-4H3,(H,17,18). The summed E-state index contributed by atoms with van der Waals surface area (Å²) in [5.41, 5.74) is 1.77. The van der Waals surface area contributed by atoms with Crippen molar-refractivity contribution >= 4 is 5.91 Å². The quantitative estimate of drug-likeness (QED) is 0.933. The van der Waals surface area contributed by atoms with Gasteiger partial charge in [-0.2, -0.15) is 0 Å². The van der Waals surface area contributed by atoms with Crippen LogP contribution in [0.4, 0.5) is 0 Å². The minimum absolute atomic E-state index is 0.0203. The highest BCUT2D eigenvalue weighted by molar-refractivity contribution is 5.95. The fourth-order valence-corrected chi connectivity index (χ4v) is 2.21. The molecule has 1 N–H and O–H groups in total. The normalized spacial score (nSPS) is 11.4. The minimum atomic E-state index is -0.0578. The van der Waals surface area contributed by atoms with Gasteiger partial charge < -0.3 is 9.88 Å². The van der Waals surface area contributed by atoms with Gasteiger partial charge in [-0.15, -0.1) is 0 Å². The molecule has 0 bridgehead atoms. The van der Waals surface area contributed by atoms with Crippen LogP contribution in [0.15, 0.2) is 36.7 Å². The number of rotatable bonds is 3. The van der Waals surface area contributed by atoms with Gasteiger partial charge in [0.2, 0.25) is 0 Å². The van der Waals surface area contributed by atoms with E-state index in [2.05, 4.69) is 30.7 Å². The number of carbonyl (C=O) groups excluding carboxylic acids is 1. The van der Waals surface area contributed by atoms with Gasteiger partial charge in [-0.05, 0) is 17.0 Å². The van der Waals surface area contributed by atoms with E-state index in [1.54, 1.807) is 24.3 Å². The Balaban J connectivity index is 2.25. The molecule has 0 spiro atoms. The molecule has 0 aliphatic carbocycles. The smallest absolute Gasteiger partial charge is 0.254 e. The van der Waals surface area contributed by atoms with Crippen molar-refractivity contribution < 1.29 is 4.79 Å². The van der Waals surface area contributed by atoms with Crippen molar-refractivity contribution in [3.63, 3.8) is 0 Å². The van der Waals surface area contributed by atoms with Gasteiger partial charge in [-0.3, -0.25) is 4.79 Å². The molecule has 1 amide bonds. The largest absolute Gasteiger partial charge is 0.347 e.